The van der Waals surface area contributed by atoms with E-state index in [0.29, 0.717) is 0 Å². The Morgan fingerprint density at radius 3 is 2.20 bits per heavy atom. The van der Waals surface area contributed by atoms with Crippen LogP contribution in [-0.2, 0) is 4.74 Å². The van der Waals surface area contributed by atoms with Crippen LogP contribution in [0, 0.1) is 5.92 Å². The van der Waals surface area contributed by atoms with Gasteiger partial charge in [0.1, 0.15) is 0 Å². The van der Waals surface area contributed by atoms with Crippen molar-refractivity contribution < 1.29 is 4.74 Å². The zero-order valence-corrected chi connectivity index (χ0v) is 11.1. The highest BCUT2D eigenvalue weighted by molar-refractivity contribution is 4.49. The molecule has 0 aliphatic carbocycles. The Hall–Kier alpha value is -0.0400. The van der Waals surface area contributed by atoms with Crippen molar-refractivity contribution in [3.05, 3.63) is 0 Å². The SMILES string of the molecule is CCCCCCCCOCC(C)CCC. The van der Waals surface area contributed by atoms with Crippen LogP contribution < -0.4 is 0 Å². The van der Waals surface area contributed by atoms with E-state index in [9.17, 15) is 0 Å². The minimum atomic E-state index is 0.745. The van der Waals surface area contributed by atoms with Crippen LogP contribution in [-0.4, -0.2) is 13.2 Å². The molecule has 0 radical (unpaired) electrons. The van der Waals surface area contributed by atoms with Crippen LogP contribution in [0.2, 0.25) is 0 Å². The predicted octanol–water partition coefficient (Wildman–Crippen LogP) is 4.80. The molecule has 0 saturated heterocycles. The molecule has 0 fully saturated rings. The summed E-state index contributed by atoms with van der Waals surface area (Å²) in [7, 11) is 0. The summed E-state index contributed by atoms with van der Waals surface area (Å²) in [6.07, 6.45) is 10.7. The van der Waals surface area contributed by atoms with Gasteiger partial charge in [-0.25, -0.2) is 0 Å². The molecule has 0 amide bonds. The Bertz CT molecular complexity index is 112. The van der Waals surface area contributed by atoms with Crippen LogP contribution in [0.25, 0.3) is 0 Å². The third-order valence-corrected chi connectivity index (χ3v) is 2.83. The average Bonchev–Trinajstić information content (AvgIpc) is 2.22. The molecule has 0 bridgehead atoms. The van der Waals surface area contributed by atoms with Crippen molar-refractivity contribution in [2.75, 3.05) is 13.2 Å². The Morgan fingerprint density at radius 1 is 0.867 bits per heavy atom. The number of hydrogen-bond donors (Lipinski definition) is 0. The maximum atomic E-state index is 5.65. The van der Waals surface area contributed by atoms with E-state index in [1.54, 1.807) is 0 Å². The maximum Gasteiger partial charge on any atom is 0.0491 e. The molecule has 1 nitrogen and oxygen atoms in total. The molecule has 1 heteroatoms. The van der Waals surface area contributed by atoms with E-state index in [-0.39, 0.29) is 0 Å². The molecule has 0 rings (SSSR count). The third-order valence-electron chi connectivity index (χ3n) is 2.83. The molecule has 0 saturated carbocycles. The lowest BCUT2D eigenvalue weighted by molar-refractivity contribution is 0.0983. The summed E-state index contributed by atoms with van der Waals surface area (Å²) in [6.45, 7) is 8.72. The van der Waals surface area contributed by atoms with Crippen molar-refractivity contribution in [1.82, 2.24) is 0 Å². The van der Waals surface area contributed by atoms with Gasteiger partial charge >= 0.3 is 0 Å². The zero-order chi connectivity index (χ0) is 11.4. The Balaban J connectivity index is 2.98. The summed E-state index contributed by atoms with van der Waals surface area (Å²) in [4.78, 5) is 0. The summed E-state index contributed by atoms with van der Waals surface area (Å²) in [5.74, 6) is 0.745. The predicted molar refractivity (Wildman–Crippen MR) is 68.3 cm³/mol. The van der Waals surface area contributed by atoms with Gasteiger partial charge in [-0.1, -0.05) is 59.3 Å². The van der Waals surface area contributed by atoms with Crippen molar-refractivity contribution in [2.45, 2.75) is 72.1 Å². The zero-order valence-electron chi connectivity index (χ0n) is 11.1. The summed E-state index contributed by atoms with van der Waals surface area (Å²) in [6, 6.07) is 0. The smallest absolute Gasteiger partial charge is 0.0491 e. The number of hydrogen-bond acceptors (Lipinski definition) is 1. The molecular formula is C14H30O. The van der Waals surface area contributed by atoms with E-state index in [0.717, 1.165) is 19.1 Å². The number of unbranched alkanes of at least 4 members (excludes halogenated alkanes) is 5. The molecule has 0 aliphatic heterocycles. The molecular weight excluding hydrogens is 184 g/mol. The van der Waals surface area contributed by atoms with Crippen molar-refractivity contribution in [3.8, 4) is 0 Å². The van der Waals surface area contributed by atoms with Crippen LogP contribution in [0.4, 0.5) is 0 Å². The van der Waals surface area contributed by atoms with Crippen LogP contribution in [0.1, 0.15) is 72.1 Å². The van der Waals surface area contributed by atoms with Crippen LogP contribution in [0.15, 0.2) is 0 Å². The largest absolute Gasteiger partial charge is 0.381 e. The first kappa shape index (κ1) is 15.0. The normalized spacial score (nSPS) is 13.0. The van der Waals surface area contributed by atoms with Crippen LogP contribution in [0.3, 0.4) is 0 Å². The van der Waals surface area contributed by atoms with Gasteiger partial charge in [0.15, 0.2) is 0 Å². The molecule has 0 aromatic rings. The fourth-order valence-corrected chi connectivity index (χ4v) is 1.85. The summed E-state index contributed by atoms with van der Waals surface area (Å²) < 4.78 is 5.65. The topological polar surface area (TPSA) is 9.23 Å². The van der Waals surface area contributed by atoms with E-state index < -0.39 is 0 Å². The van der Waals surface area contributed by atoms with Crippen molar-refractivity contribution >= 4 is 0 Å². The van der Waals surface area contributed by atoms with Gasteiger partial charge in [0, 0.05) is 13.2 Å². The van der Waals surface area contributed by atoms with E-state index in [4.69, 9.17) is 4.74 Å². The molecule has 0 spiro atoms. The molecule has 0 aliphatic rings. The van der Waals surface area contributed by atoms with E-state index in [1.807, 2.05) is 0 Å². The van der Waals surface area contributed by atoms with Gasteiger partial charge in [0.2, 0.25) is 0 Å². The highest BCUT2D eigenvalue weighted by Crippen LogP contribution is 2.07. The highest BCUT2D eigenvalue weighted by Gasteiger charge is 1.99. The first-order chi connectivity index (χ1) is 7.31. The lowest BCUT2D eigenvalue weighted by atomic mass is 10.1. The van der Waals surface area contributed by atoms with Gasteiger partial charge in [-0.15, -0.1) is 0 Å². The first-order valence-electron chi connectivity index (χ1n) is 6.89. The van der Waals surface area contributed by atoms with E-state index >= 15 is 0 Å². The minimum absolute atomic E-state index is 0.745. The minimum Gasteiger partial charge on any atom is -0.381 e. The summed E-state index contributed by atoms with van der Waals surface area (Å²) >= 11 is 0. The molecule has 0 heterocycles. The second-order valence-electron chi connectivity index (χ2n) is 4.74. The molecule has 1 atom stereocenters. The molecule has 0 N–H and O–H groups in total. The maximum absolute atomic E-state index is 5.65. The van der Waals surface area contributed by atoms with Gasteiger partial charge in [0.25, 0.3) is 0 Å². The van der Waals surface area contributed by atoms with Crippen molar-refractivity contribution in [2.24, 2.45) is 5.92 Å². The molecule has 1 unspecified atom stereocenters. The molecule has 0 aromatic carbocycles. The Morgan fingerprint density at radius 2 is 1.53 bits per heavy atom. The average molecular weight is 214 g/mol. The Kier molecular flexibility index (Phi) is 12.0. The fraction of sp³-hybridized carbons (Fsp3) is 1.00. The van der Waals surface area contributed by atoms with Crippen LogP contribution in [0.5, 0.6) is 0 Å². The van der Waals surface area contributed by atoms with Crippen molar-refractivity contribution in [1.29, 1.82) is 0 Å². The standard InChI is InChI=1S/C14H30O/c1-4-6-7-8-9-10-12-15-13-14(3)11-5-2/h14H,4-13H2,1-3H3. The summed E-state index contributed by atoms with van der Waals surface area (Å²) in [5, 5.41) is 0. The highest BCUT2D eigenvalue weighted by atomic mass is 16.5. The lowest BCUT2D eigenvalue weighted by Gasteiger charge is -2.10. The molecule has 92 valence electrons. The van der Waals surface area contributed by atoms with Crippen LogP contribution >= 0.6 is 0 Å². The van der Waals surface area contributed by atoms with Gasteiger partial charge in [-0.2, -0.15) is 0 Å². The second kappa shape index (κ2) is 12.0. The van der Waals surface area contributed by atoms with Crippen molar-refractivity contribution in [3.63, 3.8) is 0 Å². The lowest BCUT2D eigenvalue weighted by Crippen LogP contribution is -2.06. The van der Waals surface area contributed by atoms with Gasteiger partial charge in [-0.05, 0) is 18.8 Å². The van der Waals surface area contributed by atoms with E-state index in [1.165, 1.54) is 51.4 Å². The quantitative estimate of drug-likeness (QED) is 0.449. The molecule has 0 aromatic heterocycles. The number of rotatable bonds is 11. The first-order valence-corrected chi connectivity index (χ1v) is 6.89. The second-order valence-corrected chi connectivity index (χ2v) is 4.74. The third kappa shape index (κ3) is 11.9. The summed E-state index contributed by atoms with van der Waals surface area (Å²) in [5.41, 5.74) is 0. The molecule has 15 heavy (non-hydrogen) atoms. The number of ether oxygens (including phenoxy) is 1. The van der Waals surface area contributed by atoms with E-state index in [2.05, 4.69) is 20.8 Å². The monoisotopic (exact) mass is 214 g/mol. The van der Waals surface area contributed by atoms with Gasteiger partial charge < -0.3 is 4.74 Å². The Labute approximate surface area is 96.6 Å². The van der Waals surface area contributed by atoms with Gasteiger partial charge in [0.05, 0.1) is 0 Å². The fourth-order valence-electron chi connectivity index (χ4n) is 1.85. The van der Waals surface area contributed by atoms with Gasteiger partial charge in [-0.3, -0.25) is 0 Å².